The topological polar surface area (TPSA) is 29.0 Å². The number of alkyl halides is 4. The van der Waals surface area contributed by atoms with E-state index >= 15 is 0 Å². The summed E-state index contributed by atoms with van der Waals surface area (Å²) in [5, 5.41) is 0. The molecule has 2 heterocycles. The summed E-state index contributed by atoms with van der Waals surface area (Å²) in [5.74, 6) is -0.568. The van der Waals surface area contributed by atoms with Gasteiger partial charge in [0.05, 0.1) is 11.8 Å². The van der Waals surface area contributed by atoms with Crippen molar-refractivity contribution >= 4 is 17.4 Å². The standard InChI is InChI=1S/C11H13ClF3N3/c12-4-8-5-16-7-17-10(8)18-3-1-2-9(6-18)11(13,14)15/h5,7,9H,1-4,6H2. The molecular formula is C11H13ClF3N3. The number of nitrogens with zero attached hydrogens (tertiary/aromatic N) is 3. The first-order valence-corrected chi connectivity index (χ1v) is 6.22. The summed E-state index contributed by atoms with van der Waals surface area (Å²) in [4.78, 5) is 9.54. The fourth-order valence-electron chi connectivity index (χ4n) is 2.17. The van der Waals surface area contributed by atoms with Crippen LogP contribution in [0.4, 0.5) is 19.0 Å². The lowest BCUT2D eigenvalue weighted by Gasteiger charge is -2.35. The summed E-state index contributed by atoms with van der Waals surface area (Å²) in [5.41, 5.74) is 0.669. The van der Waals surface area contributed by atoms with E-state index in [1.807, 2.05) is 0 Å². The largest absolute Gasteiger partial charge is 0.393 e. The van der Waals surface area contributed by atoms with Crippen LogP contribution in [0.1, 0.15) is 18.4 Å². The van der Waals surface area contributed by atoms with Crippen molar-refractivity contribution < 1.29 is 13.2 Å². The molecule has 0 bridgehead atoms. The van der Waals surface area contributed by atoms with E-state index < -0.39 is 12.1 Å². The van der Waals surface area contributed by atoms with E-state index in [4.69, 9.17) is 11.6 Å². The molecule has 0 N–H and O–H groups in total. The van der Waals surface area contributed by atoms with Crippen LogP contribution in [0.2, 0.25) is 0 Å². The second kappa shape index (κ2) is 5.30. The molecule has 1 fully saturated rings. The summed E-state index contributed by atoms with van der Waals surface area (Å²) in [6, 6.07) is 0. The number of hydrogen-bond acceptors (Lipinski definition) is 3. The van der Waals surface area contributed by atoms with Crippen molar-refractivity contribution in [3.8, 4) is 0 Å². The fourth-order valence-corrected chi connectivity index (χ4v) is 2.36. The molecule has 0 amide bonds. The molecule has 0 aliphatic carbocycles. The van der Waals surface area contributed by atoms with Crippen LogP contribution in [-0.2, 0) is 5.88 Å². The second-order valence-corrected chi connectivity index (χ2v) is 4.60. The molecule has 0 aromatic carbocycles. The van der Waals surface area contributed by atoms with Crippen molar-refractivity contribution in [1.82, 2.24) is 9.97 Å². The third kappa shape index (κ3) is 2.85. The number of piperidine rings is 1. The molecule has 18 heavy (non-hydrogen) atoms. The molecular weight excluding hydrogens is 267 g/mol. The Kier molecular flexibility index (Phi) is 3.94. The maximum absolute atomic E-state index is 12.7. The van der Waals surface area contributed by atoms with E-state index in [0.717, 1.165) is 0 Å². The molecule has 0 saturated carbocycles. The van der Waals surface area contributed by atoms with Crippen molar-refractivity contribution in [1.29, 1.82) is 0 Å². The Hall–Kier alpha value is -1.04. The molecule has 1 aromatic rings. The van der Waals surface area contributed by atoms with Crippen molar-refractivity contribution in [3.63, 3.8) is 0 Å². The van der Waals surface area contributed by atoms with E-state index in [1.165, 1.54) is 6.33 Å². The van der Waals surface area contributed by atoms with Gasteiger partial charge in [-0.25, -0.2) is 9.97 Å². The highest BCUT2D eigenvalue weighted by Crippen LogP contribution is 2.35. The fraction of sp³-hybridized carbons (Fsp3) is 0.636. The third-order valence-corrected chi connectivity index (χ3v) is 3.38. The molecule has 1 saturated heterocycles. The van der Waals surface area contributed by atoms with E-state index in [9.17, 15) is 13.2 Å². The highest BCUT2D eigenvalue weighted by molar-refractivity contribution is 6.17. The van der Waals surface area contributed by atoms with Gasteiger partial charge in [0.2, 0.25) is 0 Å². The van der Waals surface area contributed by atoms with Crippen LogP contribution < -0.4 is 4.90 Å². The summed E-state index contributed by atoms with van der Waals surface area (Å²) in [7, 11) is 0. The van der Waals surface area contributed by atoms with Crippen LogP contribution in [0, 0.1) is 5.92 Å². The van der Waals surface area contributed by atoms with Crippen LogP contribution >= 0.6 is 11.6 Å². The summed E-state index contributed by atoms with van der Waals surface area (Å²) < 4.78 is 38.2. The van der Waals surface area contributed by atoms with Gasteiger partial charge < -0.3 is 4.90 Å². The molecule has 1 aliphatic rings. The maximum Gasteiger partial charge on any atom is 0.393 e. The minimum Gasteiger partial charge on any atom is -0.356 e. The molecule has 7 heteroatoms. The average Bonchev–Trinajstić information content (AvgIpc) is 2.38. The van der Waals surface area contributed by atoms with Crippen LogP contribution in [0.25, 0.3) is 0 Å². The van der Waals surface area contributed by atoms with Gasteiger partial charge in [0.15, 0.2) is 0 Å². The summed E-state index contributed by atoms with van der Waals surface area (Å²) >= 11 is 5.75. The number of aromatic nitrogens is 2. The first-order chi connectivity index (χ1) is 8.52. The normalized spacial score (nSPS) is 21.1. The first kappa shape index (κ1) is 13.4. The zero-order valence-corrected chi connectivity index (χ0v) is 10.4. The first-order valence-electron chi connectivity index (χ1n) is 5.69. The number of halogens is 4. The Morgan fingerprint density at radius 2 is 2.22 bits per heavy atom. The molecule has 1 unspecified atom stereocenters. The van der Waals surface area contributed by atoms with E-state index in [0.29, 0.717) is 24.3 Å². The van der Waals surface area contributed by atoms with Gasteiger partial charge in [0.25, 0.3) is 0 Å². The predicted octanol–water partition coefficient (Wildman–Crippen LogP) is 2.99. The Morgan fingerprint density at radius 3 is 2.89 bits per heavy atom. The Labute approximate surface area is 108 Å². The van der Waals surface area contributed by atoms with Gasteiger partial charge in [-0.2, -0.15) is 13.2 Å². The highest BCUT2D eigenvalue weighted by atomic mass is 35.5. The second-order valence-electron chi connectivity index (χ2n) is 4.33. The van der Waals surface area contributed by atoms with Gasteiger partial charge in [-0.3, -0.25) is 0 Å². The third-order valence-electron chi connectivity index (χ3n) is 3.09. The summed E-state index contributed by atoms with van der Waals surface area (Å²) in [6.07, 6.45) is -0.570. The molecule has 1 aromatic heterocycles. The Balaban J connectivity index is 2.18. The van der Waals surface area contributed by atoms with Crippen LogP contribution in [0.5, 0.6) is 0 Å². The number of anilines is 1. The van der Waals surface area contributed by atoms with Crippen LogP contribution in [0.3, 0.4) is 0 Å². The van der Waals surface area contributed by atoms with Crippen LogP contribution in [-0.4, -0.2) is 29.2 Å². The number of hydrogen-bond donors (Lipinski definition) is 0. The zero-order chi connectivity index (χ0) is 13.2. The maximum atomic E-state index is 12.7. The monoisotopic (exact) mass is 279 g/mol. The van der Waals surface area contributed by atoms with Gasteiger partial charge in [-0.05, 0) is 12.8 Å². The molecule has 3 nitrogen and oxygen atoms in total. The van der Waals surface area contributed by atoms with E-state index in [-0.39, 0.29) is 18.8 Å². The lowest BCUT2D eigenvalue weighted by molar-refractivity contribution is -0.176. The summed E-state index contributed by atoms with van der Waals surface area (Å²) in [6.45, 7) is 0.526. The van der Waals surface area contributed by atoms with Crippen molar-refractivity contribution in [3.05, 3.63) is 18.1 Å². The van der Waals surface area contributed by atoms with Gasteiger partial charge in [0.1, 0.15) is 12.1 Å². The van der Waals surface area contributed by atoms with Crippen LogP contribution in [0.15, 0.2) is 12.5 Å². The van der Waals surface area contributed by atoms with Crippen molar-refractivity contribution in [2.45, 2.75) is 24.9 Å². The number of rotatable bonds is 2. The lowest BCUT2D eigenvalue weighted by atomic mass is 9.97. The average molecular weight is 280 g/mol. The van der Waals surface area contributed by atoms with Gasteiger partial charge in [-0.15, -0.1) is 11.6 Å². The van der Waals surface area contributed by atoms with Crippen molar-refractivity contribution in [2.75, 3.05) is 18.0 Å². The smallest absolute Gasteiger partial charge is 0.356 e. The zero-order valence-electron chi connectivity index (χ0n) is 9.62. The van der Waals surface area contributed by atoms with Gasteiger partial charge in [0, 0.05) is 24.8 Å². The molecule has 1 atom stereocenters. The SMILES string of the molecule is FC(F)(F)C1CCCN(c2ncncc2CCl)C1. The minimum absolute atomic E-state index is 0.0512. The molecule has 100 valence electrons. The predicted molar refractivity (Wildman–Crippen MR) is 62.6 cm³/mol. The van der Waals surface area contributed by atoms with Gasteiger partial charge >= 0.3 is 6.18 Å². The lowest BCUT2D eigenvalue weighted by Crippen LogP contribution is -2.42. The van der Waals surface area contributed by atoms with Gasteiger partial charge in [-0.1, -0.05) is 0 Å². The molecule has 0 spiro atoms. The Bertz CT molecular complexity index is 411. The molecule has 2 rings (SSSR count). The van der Waals surface area contributed by atoms with Crippen molar-refractivity contribution in [2.24, 2.45) is 5.92 Å². The quantitative estimate of drug-likeness (QED) is 0.779. The van der Waals surface area contributed by atoms with E-state index in [1.54, 1.807) is 11.1 Å². The molecule has 0 radical (unpaired) electrons. The highest BCUT2D eigenvalue weighted by Gasteiger charge is 2.42. The Morgan fingerprint density at radius 1 is 1.44 bits per heavy atom. The minimum atomic E-state index is -4.15. The molecule has 1 aliphatic heterocycles. The van der Waals surface area contributed by atoms with E-state index in [2.05, 4.69) is 9.97 Å².